The van der Waals surface area contributed by atoms with Crippen LogP contribution < -0.4 is 5.32 Å². The molecule has 2 heteroatoms. The summed E-state index contributed by atoms with van der Waals surface area (Å²) < 4.78 is 0. The first-order chi connectivity index (χ1) is 14.3. The molecule has 0 spiro atoms. The minimum Gasteiger partial charge on any atom is -0.302 e. The van der Waals surface area contributed by atoms with E-state index in [1.54, 1.807) is 0 Å². The number of hydrogen-bond acceptors (Lipinski definition) is 2. The summed E-state index contributed by atoms with van der Waals surface area (Å²) in [5.41, 5.74) is 3.53. The van der Waals surface area contributed by atoms with Crippen LogP contribution in [0.1, 0.15) is 42.9 Å². The molecule has 3 aromatic rings. The van der Waals surface area contributed by atoms with E-state index in [2.05, 4.69) is 108 Å². The second kappa shape index (κ2) is 9.39. The van der Waals surface area contributed by atoms with Gasteiger partial charge in [-0.05, 0) is 42.6 Å². The van der Waals surface area contributed by atoms with Gasteiger partial charge >= 0.3 is 0 Å². The normalized spacial score (nSPS) is 18.3. The van der Waals surface area contributed by atoms with Crippen LogP contribution in [-0.2, 0) is 5.54 Å². The number of rotatable bonds is 6. The van der Waals surface area contributed by atoms with Gasteiger partial charge in [0.2, 0.25) is 0 Å². The molecule has 0 saturated carbocycles. The number of nitrogens with one attached hydrogen (secondary N) is 1. The quantitative estimate of drug-likeness (QED) is 0.569. The summed E-state index contributed by atoms with van der Waals surface area (Å²) in [4.78, 5) is 2.59. The molecule has 1 unspecified atom stereocenters. The molecule has 0 radical (unpaired) electrons. The molecule has 1 heterocycles. The first-order valence-electron chi connectivity index (χ1n) is 11.0. The SMILES string of the molecule is CCN1CCCCC(NC(c2ccccc2)(c2ccccc2)c2ccccc2)C1. The molecule has 0 bridgehead atoms. The van der Waals surface area contributed by atoms with Crippen molar-refractivity contribution in [2.75, 3.05) is 19.6 Å². The largest absolute Gasteiger partial charge is 0.302 e. The van der Waals surface area contributed by atoms with E-state index in [4.69, 9.17) is 0 Å². The monoisotopic (exact) mass is 384 g/mol. The standard InChI is InChI=1S/C27H32N2/c1-2-29-21-13-12-20-26(22-29)28-27(23-14-6-3-7-15-23,24-16-8-4-9-17-24)25-18-10-5-11-19-25/h3-11,14-19,26,28H,2,12-13,20-22H2,1H3. The van der Waals surface area contributed by atoms with Crippen LogP contribution in [0.3, 0.4) is 0 Å². The zero-order valence-corrected chi connectivity index (χ0v) is 17.4. The fourth-order valence-corrected chi connectivity index (χ4v) is 4.75. The maximum Gasteiger partial charge on any atom is 0.0950 e. The highest BCUT2D eigenvalue weighted by atomic mass is 15.2. The van der Waals surface area contributed by atoms with Crippen molar-refractivity contribution < 1.29 is 0 Å². The van der Waals surface area contributed by atoms with Gasteiger partial charge in [-0.1, -0.05) is 104 Å². The predicted octanol–water partition coefficient (Wildman–Crippen LogP) is 5.44. The molecule has 1 N–H and O–H groups in total. The first-order valence-corrected chi connectivity index (χ1v) is 11.0. The van der Waals surface area contributed by atoms with E-state index in [9.17, 15) is 0 Å². The van der Waals surface area contributed by atoms with Gasteiger partial charge in [-0.15, -0.1) is 0 Å². The lowest BCUT2D eigenvalue weighted by atomic mass is 9.76. The van der Waals surface area contributed by atoms with E-state index in [-0.39, 0.29) is 5.54 Å². The van der Waals surface area contributed by atoms with Crippen molar-refractivity contribution in [1.82, 2.24) is 10.2 Å². The third-order valence-corrected chi connectivity index (χ3v) is 6.24. The van der Waals surface area contributed by atoms with Crippen molar-refractivity contribution >= 4 is 0 Å². The maximum absolute atomic E-state index is 4.18. The molecule has 29 heavy (non-hydrogen) atoms. The van der Waals surface area contributed by atoms with Gasteiger partial charge in [-0.2, -0.15) is 0 Å². The summed E-state index contributed by atoms with van der Waals surface area (Å²) in [6.07, 6.45) is 3.79. The molecule has 1 saturated heterocycles. The highest BCUT2D eigenvalue weighted by Crippen LogP contribution is 2.37. The van der Waals surface area contributed by atoms with Crippen LogP contribution in [0.25, 0.3) is 0 Å². The molecule has 3 aromatic carbocycles. The van der Waals surface area contributed by atoms with E-state index in [0.717, 1.165) is 13.1 Å². The summed E-state index contributed by atoms with van der Waals surface area (Å²) in [5.74, 6) is 0. The molecule has 4 rings (SSSR count). The van der Waals surface area contributed by atoms with Gasteiger partial charge < -0.3 is 4.90 Å². The summed E-state index contributed by atoms with van der Waals surface area (Å²) in [7, 11) is 0. The molecule has 0 aliphatic carbocycles. The van der Waals surface area contributed by atoms with Gasteiger partial charge in [0.05, 0.1) is 5.54 Å². The van der Waals surface area contributed by atoms with Gasteiger partial charge in [-0.3, -0.25) is 5.32 Å². The average molecular weight is 385 g/mol. The third-order valence-electron chi connectivity index (χ3n) is 6.24. The van der Waals surface area contributed by atoms with Crippen molar-refractivity contribution in [3.63, 3.8) is 0 Å². The van der Waals surface area contributed by atoms with Crippen LogP contribution in [0.2, 0.25) is 0 Å². The molecular formula is C27H32N2. The molecule has 2 nitrogen and oxygen atoms in total. The Bertz CT molecular complexity index is 764. The molecule has 1 aliphatic rings. The van der Waals surface area contributed by atoms with E-state index in [1.807, 2.05) is 0 Å². The van der Waals surface area contributed by atoms with Gasteiger partial charge in [-0.25, -0.2) is 0 Å². The first kappa shape index (κ1) is 19.9. The van der Waals surface area contributed by atoms with Crippen LogP contribution >= 0.6 is 0 Å². The van der Waals surface area contributed by atoms with E-state index >= 15 is 0 Å². The Kier molecular flexibility index (Phi) is 6.43. The minimum absolute atomic E-state index is 0.363. The molecule has 0 amide bonds. The van der Waals surface area contributed by atoms with Crippen molar-refractivity contribution in [3.8, 4) is 0 Å². The summed E-state index contributed by atoms with van der Waals surface area (Å²) in [6, 6.07) is 33.3. The fourth-order valence-electron chi connectivity index (χ4n) is 4.75. The van der Waals surface area contributed by atoms with E-state index in [0.29, 0.717) is 6.04 Å². The summed E-state index contributed by atoms with van der Waals surface area (Å²) in [6.45, 7) is 5.71. The van der Waals surface area contributed by atoms with Gasteiger partial charge in [0.25, 0.3) is 0 Å². The van der Waals surface area contributed by atoms with Crippen molar-refractivity contribution in [1.29, 1.82) is 0 Å². The highest BCUT2D eigenvalue weighted by Gasteiger charge is 2.38. The highest BCUT2D eigenvalue weighted by molar-refractivity contribution is 5.49. The van der Waals surface area contributed by atoms with Crippen molar-refractivity contribution in [3.05, 3.63) is 108 Å². The average Bonchev–Trinajstić information content (AvgIpc) is 3.04. The second-order valence-electron chi connectivity index (χ2n) is 8.08. The second-order valence-corrected chi connectivity index (χ2v) is 8.08. The molecule has 0 aromatic heterocycles. The minimum atomic E-state index is -0.363. The zero-order chi connectivity index (χ0) is 19.9. The smallest absolute Gasteiger partial charge is 0.0950 e. The molecule has 150 valence electrons. The van der Waals surface area contributed by atoms with Crippen molar-refractivity contribution in [2.45, 2.75) is 37.8 Å². The molecular weight excluding hydrogens is 352 g/mol. The van der Waals surface area contributed by atoms with Gasteiger partial charge in [0.15, 0.2) is 0 Å². The molecule has 1 fully saturated rings. The zero-order valence-electron chi connectivity index (χ0n) is 17.4. The Morgan fingerprint density at radius 2 is 1.24 bits per heavy atom. The van der Waals surface area contributed by atoms with E-state index in [1.165, 1.54) is 42.5 Å². The Balaban J connectivity index is 1.86. The predicted molar refractivity (Wildman–Crippen MR) is 122 cm³/mol. The summed E-state index contributed by atoms with van der Waals surface area (Å²) in [5, 5.41) is 4.18. The number of nitrogens with zero attached hydrogens (tertiary/aromatic N) is 1. The Morgan fingerprint density at radius 1 is 0.759 bits per heavy atom. The van der Waals surface area contributed by atoms with Crippen LogP contribution in [-0.4, -0.2) is 30.6 Å². The van der Waals surface area contributed by atoms with Gasteiger partial charge in [0, 0.05) is 12.6 Å². The molecule has 1 aliphatic heterocycles. The number of benzene rings is 3. The lowest BCUT2D eigenvalue weighted by Gasteiger charge is -2.41. The van der Waals surface area contributed by atoms with E-state index < -0.39 is 0 Å². The lowest BCUT2D eigenvalue weighted by Crippen LogP contribution is -2.52. The Morgan fingerprint density at radius 3 is 1.69 bits per heavy atom. The van der Waals surface area contributed by atoms with Crippen LogP contribution in [0, 0.1) is 0 Å². The van der Waals surface area contributed by atoms with Crippen LogP contribution in [0.5, 0.6) is 0 Å². The third kappa shape index (κ3) is 4.29. The Labute approximate surface area is 175 Å². The summed E-state index contributed by atoms with van der Waals surface area (Å²) >= 11 is 0. The van der Waals surface area contributed by atoms with Crippen molar-refractivity contribution in [2.24, 2.45) is 0 Å². The molecule has 1 atom stereocenters. The fraction of sp³-hybridized carbons (Fsp3) is 0.333. The lowest BCUT2D eigenvalue weighted by molar-refractivity contribution is 0.253. The van der Waals surface area contributed by atoms with Crippen LogP contribution in [0.15, 0.2) is 91.0 Å². The number of likely N-dealkylation sites (N-methyl/N-ethyl adjacent to an activating group) is 1. The van der Waals surface area contributed by atoms with Crippen LogP contribution in [0.4, 0.5) is 0 Å². The maximum atomic E-state index is 4.18. The number of likely N-dealkylation sites (tertiary alicyclic amines) is 1. The van der Waals surface area contributed by atoms with Gasteiger partial charge in [0.1, 0.15) is 0 Å². The topological polar surface area (TPSA) is 15.3 Å². The Hall–Kier alpha value is -2.42. The number of hydrogen-bond donors (Lipinski definition) is 1.